The number of rotatable bonds is 6. The molecule has 1 saturated heterocycles. The Bertz CT molecular complexity index is 1050. The summed E-state index contributed by atoms with van der Waals surface area (Å²) in [6.45, 7) is 4.40. The molecule has 2 aromatic rings. The molecular weight excluding hydrogens is 442 g/mol. The summed E-state index contributed by atoms with van der Waals surface area (Å²) in [5.74, 6) is 0.585. The van der Waals surface area contributed by atoms with Crippen molar-refractivity contribution >= 4 is 46.3 Å². The van der Waals surface area contributed by atoms with Crippen LogP contribution in [-0.4, -0.2) is 32.2 Å². The average Bonchev–Trinajstić information content (AvgIpc) is 3.32. The number of aliphatic carboxylic acids is 1. The van der Waals surface area contributed by atoms with Crippen molar-refractivity contribution in [1.29, 1.82) is 0 Å². The van der Waals surface area contributed by atoms with E-state index in [1.165, 1.54) is 17.3 Å². The molecule has 4 rings (SSSR count). The Hall–Kier alpha value is -2.38. The molecule has 1 aliphatic heterocycles. The first kappa shape index (κ1) is 22.8. The van der Waals surface area contributed by atoms with Gasteiger partial charge in [0.15, 0.2) is 0 Å². The highest BCUT2D eigenvalue weighted by molar-refractivity contribution is 8.26. The number of amides is 1. The summed E-state index contributed by atoms with van der Waals surface area (Å²) in [6, 6.07) is 12.0. The number of thioether (sulfide) groups is 1. The van der Waals surface area contributed by atoms with Gasteiger partial charge in [0.05, 0.1) is 10.8 Å². The van der Waals surface area contributed by atoms with Crippen LogP contribution >= 0.6 is 24.0 Å². The van der Waals surface area contributed by atoms with Crippen LogP contribution in [0.3, 0.4) is 0 Å². The van der Waals surface area contributed by atoms with Crippen molar-refractivity contribution < 1.29 is 19.1 Å². The quantitative estimate of drug-likeness (QED) is 0.414. The van der Waals surface area contributed by atoms with Crippen LogP contribution in [0.2, 0.25) is 0 Å². The second-order valence-electron chi connectivity index (χ2n) is 8.90. The van der Waals surface area contributed by atoms with Crippen molar-refractivity contribution in [2.75, 3.05) is 0 Å². The normalized spacial score (nSPS) is 22.8. The lowest BCUT2D eigenvalue weighted by molar-refractivity contribution is -0.144. The SMILES string of the molecule is CC(C)Cc1ccc(-c2ccc(C=C3SC(=S)N(C4CCCC(C(=O)O)C4)C3=O)o2)cc1. The Morgan fingerprint density at radius 3 is 2.69 bits per heavy atom. The fraction of sp³-hybridized carbons (Fsp3) is 0.400. The van der Waals surface area contributed by atoms with Crippen molar-refractivity contribution in [3.63, 3.8) is 0 Å². The summed E-state index contributed by atoms with van der Waals surface area (Å²) in [6.07, 6.45) is 5.44. The molecule has 0 bridgehead atoms. The molecule has 1 saturated carbocycles. The van der Waals surface area contributed by atoms with E-state index in [1.54, 1.807) is 11.0 Å². The van der Waals surface area contributed by atoms with Crippen LogP contribution < -0.4 is 0 Å². The monoisotopic (exact) mass is 469 g/mol. The molecule has 2 heterocycles. The van der Waals surface area contributed by atoms with Gasteiger partial charge in [-0.15, -0.1) is 0 Å². The molecule has 168 valence electrons. The van der Waals surface area contributed by atoms with Crippen LogP contribution in [0.15, 0.2) is 45.7 Å². The van der Waals surface area contributed by atoms with Gasteiger partial charge in [0.2, 0.25) is 0 Å². The van der Waals surface area contributed by atoms with Crippen molar-refractivity contribution in [1.82, 2.24) is 4.90 Å². The number of hydrogen-bond acceptors (Lipinski definition) is 5. The molecule has 2 fully saturated rings. The molecule has 2 unspecified atom stereocenters. The molecule has 2 atom stereocenters. The van der Waals surface area contributed by atoms with Gasteiger partial charge in [0, 0.05) is 17.7 Å². The first-order valence-electron chi connectivity index (χ1n) is 11.0. The van der Waals surface area contributed by atoms with Crippen LogP contribution in [0, 0.1) is 11.8 Å². The largest absolute Gasteiger partial charge is 0.481 e. The summed E-state index contributed by atoms with van der Waals surface area (Å²) >= 11 is 6.72. The highest BCUT2D eigenvalue weighted by Gasteiger charge is 2.40. The van der Waals surface area contributed by atoms with Gasteiger partial charge in [0.1, 0.15) is 15.8 Å². The number of carboxylic acid groups (broad SMARTS) is 1. The van der Waals surface area contributed by atoms with E-state index in [-0.39, 0.29) is 11.9 Å². The maximum Gasteiger partial charge on any atom is 0.306 e. The van der Waals surface area contributed by atoms with Crippen molar-refractivity contribution in [2.45, 2.75) is 52.0 Å². The molecular formula is C25H27NO4S2. The highest BCUT2D eigenvalue weighted by atomic mass is 32.2. The third-order valence-electron chi connectivity index (χ3n) is 5.97. The summed E-state index contributed by atoms with van der Waals surface area (Å²) < 4.78 is 6.47. The molecule has 7 heteroatoms. The van der Waals surface area contributed by atoms with Gasteiger partial charge in [-0.1, -0.05) is 68.5 Å². The Labute approximate surface area is 197 Å². The Morgan fingerprint density at radius 1 is 1.25 bits per heavy atom. The minimum absolute atomic E-state index is 0.153. The lowest BCUT2D eigenvalue weighted by atomic mass is 9.85. The zero-order valence-corrected chi connectivity index (χ0v) is 19.9. The number of nitrogens with zero attached hydrogens (tertiary/aromatic N) is 1. The van der Waals surface area contributed by atoms with Gasteiger partial charge in [-0.2, -0.15) is 0 Å². The van der Waals surface area contributed by atoms with Gasteiger partial charge >= 0.3 is 5.97 Å². The van der Waals surface area contributed by atoms with E-state index in [2.05, 4.69) is 38.1 Å². The van der Waals surface area contributed by atoms with E-state index in [4.69, 9.17) is 16.6 Å². The average molecular weight is 470 g/mol. The molecule has 5 nitrogen and oxygen atoms in total. The molecule has 2 aliphatic rings. The smallest absolute Gasteiger partial charge is 0.306 e. The maximum absolute atomic E-state index is 13.1. The van der Waals surface area contributed by atoms with Crippen LogP contribution in [0.1, 0.15) is 50.9 Å². The third kappa shape index (κ3) is 4.99. The van der Waals surface area contributed by atoms with Crippen molar-refractivity contribution in [2.24, 2.45) is 11.8 Å². The Kier molecular flexibility index (Phi) is 6.86. The van der Waals surface area contributed by atoms with E-state index in [1.807, 2.05) is 12.1 Å². The fourth-order valence-corrected chi connectivity index (χ4v) is 5.79. The van der Waals surface area contributed by atoms with Crippen molar-refractivity contribution in [3.05, 3.63) is 52.6 Å². The van der Waals surface area contributed by atoms with Gasteiger partial charge in [-0.3, -0.25) is 14.5 Å². The number of furan rings is 1. The first-order chi connectivity index (χ1) is 15.3. The van der Waals surface area contributed by atoms with E-state index >= 15 is 0 Å². The topological polar surface area (TPSA) is 70.8 Å². The summed E-state index contributed by atoms with van der Waals surface area (Å²) in [7, 11) is 0. The predicted octanol–water partition coefficient (Wildman–Crippen LogP) is 5.99. The minimum atomic E-state index is -0.795. The number of carbonyl (C=O) groups is 2. The predicted molar refractivity (Wildman–Crippen MR) is 131 cm³/mol. The number of carboxylic acids is 1. The number of benzene rings is 1. The maximum atomic E-state index is 13.1. The molecule has 1 N–H and O–H groups in total. The molecule has 0 radical (unpaired) electrons. The molecule has 1 aliphatic carbocycles. The standard InChI is InChI=1S/C25H27NO4S2/c1-15(2)12-16-6-8-17(9-7-16)21-11-10-20(30-21)14-22-23(27)26(25(31)32-22)19-5-3-4-18(13-19)24(28)29/h6-11,14-15,18-19H,3-5,12-13H2,1-2H3,(H,28,29). The summed E-state index contributed by atoms with van der Waals surface area (Å²) in [5.41, 5.74) is 2.29. The van der Waals surface area contributed by atoms with E-state index in [0.29, 0.717) is 33.7 Å². The van der Waals surface area contributed by atoms with Crippen LogP contribution in [0.4, 0.5) is 0 Å². The molecule has 1 aromatic carbocycles. The van der Waals surface area contributed by atoms with E-state index in [9.17, 15) is 14.7 Å². The van der Waals surface area contributed by atoms with Gasteiger partial charge in [-0.25, -0.2) is 0 Å². The highest BCUT2D eigenvalue weighted by Crippen LogP contribution is 2.39. The number of hydrogen-bond donors (Lipinski definition) is 1. The molecule has 1 aromatic heterocycles. The zero-order valence-electron chi connectivity index (χ0n) is 18.2. The van der Waals surface area contributed by atoms with Crippen LogP contribution in [0.5, 0.6) is 0 Å². The lowest BCUT2D eigenvalue weighted by Gasteiger charge is -2.32. The second kappa shape index (κ2) is 9.63. The molecule has 32 heavy (non-hydrogen) atoms. The third-order valence-corrected chi connectivity index (χ3v) is 7.30. The Morgan fingerprint density at radius 2 is 2.00 bits per heavy atom. The second-order valence-corrected chi connectivity index (χ2v) is 10.6. The van der Waals surface area contributed by atoms with E-state index in [0.717, 1.165) is 30.6 Å². The van der Waals surface area contributed by atoms with Gasteiger partial charge < -0.3 is 9.52 Å². The Balaban J connectivity index is 1.48. The fourth-order valence-electron chi connectivity index (χ4n) is 4.41. The molecule has 0 spiro atoms. The van der Waals surface area contributed by atoms with Crippen LogP contribution in [-0.2, 0) is 16.0 Å². The first-order valence-corrected chi connectivity index (χ1v) is 12.2. The lowest BCUT2D eigenvalue weighted by Crippen LogP contribution is -2.42. The minimum Gasteiger partial charge on any atom is -0.481 e. The van der Waals surface area contributed by atoms with Crippen LogP contribution in [0.25, 0.3) is 17.4 Å². The van der Waals surface area contributed by atoms with Gasteiger partial charge in [-0.05, 0) is 49.3 Å². The number of thiocarbonyl (C=S) groups is 1. The van der Waals surface area contributed by atoms with Crippen molar-refractivity contribution in [3.8, 4) is 11.3 Å². The number of carbonyl (C=O) groups excluding carboxylic acids is 1. The summed E-state index contributed by atoms with van der Waals surface area (Å²) in [4.78, 5) is 26.6. The van der Waals surface area contributed by atoms with Gasteiger partial charge in [0.25, 0.3) is 5.91 Å². The zero-order chi connectivity index (χ0) is 22.8. The summed E-state index contributed by atoms with van der Waals surface area (Å²) in [5, 5.41) is 9.36. The van der Waals surface area contributed by atoms with E-state index < -0.39 is 11.9 Å². The molecule has 1 amide bonds.